The first kappa shape index (κ1) is 19.0. The average Bonchev–Trinajstić information content (AvgIpc) is 2.73. The quantitative estimate of drug-likeness (QED) is 0.498. The Morgan fingerprint density at radius 3 is 2.53 bits per heavy atom. The van der Waals surface area contributed by atoms with E-state index in [1.54, 1.807) is 11.0 Å². The second-order valence-corrected chi connectivity index (χ2v) is 8.20. The molecule has 5 heteroatoms. The van der Waals surface area contributed by atoms with E-state index in [2.05, 4.69) is 0 Å². The molecule has 2 aliphatic rings. The van der Waals surface area contributed by atoms with Gasteiger partial charge in [-0.2, -0.15) is 0 Å². The average molecular weight is 420 g/mol. The van der Waals surface area contributed by atoms with Crippen molar-refractivity contribution in [3.8, 4) is 0 Å². The molecule has 1 heterocycles. The van der Waals surface area contributed by atoms with Crippen LogP contribution in [0.2, 0.25) is 5.02 Å². The Morgan fingerprint density at radius 1 is 0.933 bits per heavy atom. The van der Waals surface area contributed by atoms with Crippen LogP contribution in [0.1, 0.15) is 37.2 Å². The first-order valence-corrected chi connectivity index (χ1v) is 10.4. The summed E-state index contributed by atoms with van der Waals surface area (Å²) in [7, 11) is 0. The van der Waals surface area contributed by atoms with Crippen molar-refractivity contribution in [2.45, 2.75) is 31.6 Å². The number of rotatable bonds is 2. The van der Waals surface area contributed by atoms with E-state index >= 15 is 0 Å². The monoisotopic (exact) mass is 419 g/mol. The van der Waals surface area contributed by atoms with Crippen molar-refractivity contribution in [3.63, 3.8) is 0 Å². The number of hydrogen-bond donors (Lipinski definition) is 0. The number of nitrogens with zero attached hydrogens (tertiary/aromatic N) is 1. The smallest absolute Gasteiger partial charge is 0.232 e. The third-order valence-corrected chi connectivity index (χ3v) is 6.34. The summed E-state index contributed by atoms with van der Waals surface area (Å²) in [5, 5.41) is 2.35. The Balaban J connectivity index is 1.69. The summed E-state index contributed by atoms with van der Waals surface area (Å²) >= 11 is 6.31. The van der Waals surface area contributed by atoms with Gasteiger partial charge in [-0.25, -0.2) is 4.39 Å². The maximum atomic E-state index is 14.7. The van der Waals surface area contributed by atoms with E-state index in [0.717, 1.165) is 16.5 Å². The highest BCUT2D eigenvalue weighted by Gasteiger charge is 2.41. The molecule has 150 valence electrons. The van der Waals surface area contributed by atoms with E-state index in [1.165, 1.54) is 12.1 Å². The molecule has 30 heavy (non-hydrogen) atoms. The van der Waals surface area contributed by atoms with Crippen molar-refractivity contribution in [1.29, 1.82) is 0 Å². The van der Waals surface area contributed by atoms with E-state index < -0.39 is 11.7 Å². The van der Waals surface area contributed by atoms with Crippen molar-refractivity contribution in [1.82, 2.24) is 0 Å². The van der Waals surface area contributed by atoms with Crippen LogP contribution >= 0.6 is 11.6 Å². The fourth-order valence-electron chi connectivity index (χ4n) is 4.70. The molecule has 1 aliphatic heterocycles. The van der Waals surface area contributed by atoms with Gasteiger partial charge in [-0.3, -0.25) is 14.5 Å². The minimum absolute atomic E-state index is 0.0120. The van der Waals surface area contributed by atoms with Gasteiger partial charge in [0.05, 0.1) is 0 Å². The van der Waals surface area contributed by atoms with Crippen LogP contribution in [0.15, 0.2) is 71.9 Å². The van der Waals surface area contributed by atoms with Crippen LogP contribution in [-0.2, 0) is 9.59 Å². The lowest BCUT2D eigenvalue weighted by atomic mass is 9.77. The Morgan fingerprint density at radius 2 is 1.73 bits per heavy atom. The fraction of sp³-hybridized carbons (Fsp3) is 0.200. The summed E-state index contributed by atoms with van der Waals surface area (Å²) in [6.45, 7) is 0. The number of ketones is 1. The lowest BCUT2D eigenvalue weighted by molar-refractivity contribution is -0.119. The van der Waals surface area contributed by atoms with Crippen LogP contribution in [0, 0.1) is 5.82 Å². The van der Waals surface area contributed by atoms with Crippen LogP contribution in [0.25, 0.3) is 10.8 Å². The molecular formula is C25H19ClFNO2. The molecule has 1 amide bonds. The molecule has 0 spiro atoms. The molecule has 1 atom stereocenters. The number of amides is 1. The fourth-order valence-corrected chi connectivity index (χ4v) is 4.99. The molecule has 0 fully saturated rings. The van der Waals surface area contributed by atoms with Crippen LogP contribution in [0.3, 0.4) is 0 Å². The predicted octanol–water partition coefficient (Wildman–Crippen LogP) is 6.16. The number of Topliss-reactive ketones (excluding diaryl/α,β-unsaturated/α-hetero) is 1. The first-order chi connectivity index (χ1) is 14.5. The van der Waals surface area contributed by atoms with Crippen molar-refractivity contribution in [2.75, 3.05) is 4.90 Å². The lowest BCUT2D eigenvalue weighted by Crippen LogP contribution is -2.40. The molecule has 1 aliphatic carbocycles. The molecule has 0 saturated heterocycles. The molecule has 1 unspecified atom stereocenters. The standard InChI is InChI=1S/C25H19ClFNO2/c26-19-7-3-8-20(27)24(19)18-14-23(30)28(21-9-4-10-22(29)25(18)21)17-12-11-15-5-1-2-6-16(15)13-17/h1-3,5-8,11-13,18H,4,9-10,14H2. The van der Waals surface area contributed by atoms with Gasteiger partial charge < -0.3 is 0 Å². The highest BCUT2D eigenvalue weighted by Crippen LogP contribution is 2.45. The van der Waals surface area contributed by atoms with E-state index in [1.807, 2.05) is 42.5 Å². The zero-order chi connectivity index (χ0) is 20.8. The number of allylic oxidation sites excluding steroid dienone is 2. The summed E-state index contributed by atoms with van der Waals surface area (Å²) < 4.78 is 14.7. The summed E-state index contributed by atoms with van der Waals surface area (Å²) in [6.07, 6.45) is 1.69. The zero-order valence-electron chi connectivity index (χ0n) is 16.2. The highest BCUT2D eigenvalue weighted by atomic mass is 35.5. The number of anilines is 1. The van der Waals surface area contributed by atoms with Gasteiger partial charge in [-0.1, -0.05) is 48.0 Å². The Kier molecular flexibility index (Phi) is 4.67. The Hall–Kier alpha value is -2.98. The van der Waals surface area contributed by atoms with Crippen LogP contribution in [0.5, 0.6) is 0 Å². The van der Waals surface area contributed by atoms with E-state index in [-0.39, 0.29) is 28.7 Å². The predicted molar refractivity (Wildman–Crippen MR) is 116 cm³/mol. The van der Waals surface area contributed by atoms with Crippen LogP contribution in [-0.4, -0.2) is 11.7 Å². The first-order valence-electron chi connectivity index (χ1n) is 10.1. The Bertz CT molecular complexity index is 1210. The topological polar surface area (TPSA) is 37.4 Å². The lowest BCUT2D eigenvalue weighted by Gasteiger charge is -2.38. The van der Waals surface area contributed by atoms with E-state index in [0.29, 0.717) is 30.5 Å². The van der Waals surface area contributed by atoms with Crippen molar-refractivity contribution >= 4 is 39.8 Å². The maximum absolute atomic E-state index is 14.7. The molecule has 0 bridgehead atoms. The van der Waals surface area contributed by atoms with Gasteiger partial charge in [-0.05, 0) is 47.9 Å². The summed E-state index contributed by atoms with van der Waals surface area (Å²) in [5.74, 6) is -1.31. The number of benzene rings is 3. The maximum Gasteiger partial charge on any atom is 0.232 e. The molecule has 3 aromatic carbocycles. The highest BCUT2D eigenvalue weighted by molar-refractivity contribution is 6.31. The summed E-state index contributed by atoms with van der Waals surface area (Å²) in [6, 6.07) is 18.2. The second-order valence-electron chi connectivity index (χ2n) is 7.79. The van der Waals surface area contributed by atoms with Gasteiger partial charge in [0.15, 0.2) is 5.78 Å². The van der Waals surface area contributed by atoms with Crippen LogP contribution in [0.4, 0.5) is 10.1 Å². The number of fused-ring (bicyclic) bond motifs is 1. The minimum Gasteiger partial charge on any atom is -0.294 e. The third-order valence-electron chi connectivity index (χ3n) is 6.01. The SMILES string of the molecule is O=C1CCCC2=C1C(c1c(F)cccc1Cl)CC(=O)N2c1ccc2ccccc2c1. The van der Waals surface area contributed by atoms with Gasteiger partial charge in [0.25, 0.3) is 0 Å². The van der Waals surface area contributed by atoms with Crippen molar-refractivity contribution in [2.24, 2.45) is 0 Å². The van der Waals surface area contributed by atoms with Crippen molar-refractivity contribution < 1.29 is 14.0 Å². The molecular weight excluding hydrogens is 401 g/mol. The van der Waals surface area contributed by atoms with E-state index in [9.17, 15) is 14.0 Å². The minimum atomic E-state index is -0.647. The van der Waals surface area contributed by atoms with Gasteiger partial charge in [-0.15, -0.1) is 0 Å². The summed E-state index contributed by atoms with van der Waals surface area (Å²) in [4.78, 5) is 27.9. The Labute approximate surface area is 178 Å². The largest absolute Gasteiger partial charge is 0.294 e. The van der Waals surface area contributed by atoms with Crippen molar-refractivity contribution in [3.05, 3.63) is 88.3 Å². The number of halogens is 2. The second kappa shape index (κ2) is 7.37. The van der Waals surface area contributed by atoms with E-state index in [4.69, 9.17) is 11.6 Å². The van der Waals surface area contributed by atoms with Gasteiger partial charge in [0.2, 0.25) is 5.91 Å². The normalized spacial score (nSPS) is 19.4. The van der Waals surface area contributed by atoms with Gasteiger partial charge >= 0.3 is 0 Å². The van der Waals surface area contributed by atoms with Gasteiger partial charge in [0, 0.05) is 46.3 Å². The molecule has 3 nitrogen and oxygen atoms in total. The zero-order valence-corrected chi connectivity index (χ0v) is 17.0. The molecule has 0 saturated carbocycles. The molecule has 0 aromatic heterocycles. The molecule has 0 N–H and O–H groups in total. The number of carbonyl (C=O) groups excluding carboxylic acids is 2. The number of carbonyl (C=O) groups is 2. The van der Waals surface area contributed by atoms with Gasteiger partial charge in [0.1, 0.15) is 5.82 Å². The molecule has 3 aromatic rings. The number of hydrogen-bond acceptors (Lipinski definition) is 2. The van der Waals surface area contributed by atoms with Crippen LogP contribution < -0.4 is 4.90 Å². The molecule has 5 rings (SSSR count). The summed E-state index contributed by atoms with van der Waals surface area (Å²) in [5.41, 5.74) is 2.19. The molecule has 0 radical (unpaired) electrons. The third kappa shape index (κ3) is 3.03.